The van der Waals surface area contributed by atoms with Crippen LogP contribution in [-0.2, 0) is 0 Å². The molecule has 6 heteroatoms. The second kappa shape index (κ2) is 28.0. The minimum absolute atomic E-state index is 0.351. The molecule has 6 nitrogen and oxygen atoms in total. The van der Waals surface area contributed by atoms with Gasteiger partial charge in [-0.2, -0.15) is 0 Å². The number of para-hydroxylation sites is 3. The van der Waals surface area contributed by atoms with Crippen LogP contribution in [-0.4, -0.2) is 53.5 Å². The number of aliphatic hydroxyl groups excluding tert-OH is 3. The highest BCUT2D eigenvalue weighted by atomic mass is 16.5. The van der Waals surface area contributed by atoms with E-state index in [0.29, 0.717) is 19.8 Å². The van der Waals surface area contributed by atoms with Crippen LogP contribution in [0.3, 0.4) is 0 Å². The van der Waals surface area contributed by atoms with Crippen molar-refractivity contribution in [2.45, 2.75) is 79.6 Å². The zero-order valence-electron chi connectivity index (χ0n) is 25.0. The van der Waals surface area contributed by atoms with Crippen LogP contribution < -0.4 is 14.2 Å². The largest absolute Gasteiger partial charge is 0.491 e. The zero-order chi connectivity index (χ0) is 29.7. The Morgan fingerprint density at radius 1 is 0.436 bits per heavy atom. The van der Waals surface area contributed by atoms with Crippen LogP contribution in [0.25, 0.3) is 0 Å². The second-order valence-corrected chi connectivity index (χ2v) is 8.83. The minimum atomic E-state index is -0.407. The van der Waals surface area contributed by atoms with Gasteiger partial charge >= 0.3 is 0 Å². The molecular formula is C33H52O6. The fourth-order valence-electron chi connectivity index (χ4n) is 2.20. The van der Waals surface area contributed by atoms with E-state index in [1.165, 1.54) is 12.8 Å². The Morgan fingerprint density at radius 3 is 0.769 bits per heavy atom. The van der Waals surface area contributed by atoms with Crippen molar-refractivity contribution in [2.24, 2.45) is 0 Å². The molecule has 0 saturated carbocycles. The Hall–Kier alpha value is -3.06. The van der Waals surface area contributed by atoms with Crippen LogP contribution in [0.1, 0.15) is 61.3 Å². The summed E-state index contributed by atoms with van der Waals surface area (Å²) in [5.41, 5.74) is 0. The molecule has 0 amide bonds. The fourth-order valence-corrected chi connectivity index (χ4v) is 2.20. The number of rotatable bonds is 9. The van der Waals surface area contributed by atoms with Gasteiger partial charge in [0.2, 0.25) is 0 Å². The molecule has 0 aromatic heterocycles. The van der Waals surface area contributed by atoms with E-state index in [1.807, 2.05) is 91.0 Å². The van der Waals surface area contributed by atoms with Crippen molar-refractivity contribution < 1.29 is 29.5 Å². The lowest BCUT2D eigenvalue weighted by molar-refractivity contribution is 0.122. The van der Waals surface area contributed by atoms with Gasteiger partial charge in [-0.05, 0) is 57.2 Å². The van der Waals surface area contributed by atoms with Gasteiger partial charge in [0.25, 0.3) is 0 Å². The first-order chi connectivity index (χ1) is 18.7. The van der Waals surface area contributed by atoms with Crippen molar-refractivity contribution in [1.82, 2.24) is 0 Å². The highest BCUT2D eigenvalue weighted by Gasteiger charge is 1.97. The summed E-state index contributed by atoms with van der Waals surface area (Å²) in [6.45, 7) is 14.6. The molecule has 0 aliphatic heterocycles. The standard InChI is InChI=1S/3C9H12O2.2C3H8/c3*1-8(10)7-11-9-5-3-2-4-6-9;2*1-3-2/h3*2-6,8,10H,7H2,1H3;2*3H2,1-2H3. The van der Waals surface area contributed by atoms with Gasteiger partial charge in [0.05, 0.1) is 18.3 Å². The smallest absolute Gasteiger partial charge is 0.119 e. The number of benzene rings is 3. The molecule has 0 bridgehead atoms. The molecule has 3 rings (SSSR count). The third kappa shape index (κ3) is 29.4. The van der Waals surface area contributed by atoms with E-state index in [2.05, 4.69) is 27.7 Å². The first kappa shape index (κ1) is 38.1. The molecule has 39 heavy (non-hydrogen) atoms. The van der Waals surface area contributed by atoms with Crippen molar-refractivity contribution in [3.63, 3.8) is 0 Å². The van der Waals surface area contributed by atoms with Crippen LogP contribution in [0.2, 0.25) is 0 Å². The topological polar surface area (TPSA) is 88.4 Å². The molecule has 3 N–H and O–H groups in total. The van der Waals surface area contributed by atoms with Crippen molar-refractivity contribution >= 4 is 0 Å². The minimum Gasteiger partial charge on any atom is -0.491 e. The van der Waals surface area contributed by atoms with Gasteiger partial charge in [0.1, 0.15) is 37.1 Å². The Bertz CT molecular complexity index is 725. The summed E-state index contributed by atoms with van der Waals surface area (Å²) in [6, 6.07) is 28.4. The van der Waals surface area contributed by atoms with Crippen LogP contribution in [0.5, 0.6) is 17.2 Å². The zero-order valence-corrected chi connectivity index (χ0v) is 25.0. The summed E-state index contributed by atoms with van der Waals surface area (Å²) in [5.74, 6) is 2.40. The fraction of sp³-hybridized carbons (Fsp3) is 0.455. The third-order valence-electron chi connectivity index (χ3n) is 3.70. The van der Waals surface area contributed by atoms with E-state index < -0.39 is 18.3 Å². The molecule has 3 unspecified atom stereocenters. The first-order valence-corrected chi connectivity index (χ1v) is 13.8. The lowest BCUT2D eigenvalue weighted by Crippen LogP contribution is -2.12. The maximum atomic E-state index is 8.89. The van der Waals surface area contributed by atoms with Crippen molar-refractivity contribution in [2.75, 3.05) is 19.8 Å². The van der Waals surface area contributed by atoms with Crippen LogP contribution >= 0.6 is 0 Å². The van der Waals surface area contributed by atoms with E-state index in [9.17, 15) is 0 Å². The summed E-state index contributed by atoms with van der Waals surface area (Å²) in [4.78, 5) is 0. The van der Waals surface area contributed by atoms with Gasteiger partial charge in [0.15, 0.2) is 0 Å². The molecule has 0 heterocycles. The molecule has 0 aliphatic carbocycles. The molecule has 3 aromatic rings. The normalized spacial score (nSPS) is 11.5. The summed E-state index contributed by atoms with van der Waals surface area (Å²) in [6.07, 6.45) is 1.28. The molecule has 0 aliphatic rings. The SMILES string of the molecule is CC(O)COc1ccccc1.CC(O)COc1ccccc1.CC(O)COc1ccccc1.CCC.CCC. The molecule has 0 radical (unpaired) electrons. The van der Waals surface area contributed by atoms with Crippen LogP contribution in [0.4, 0.5) is 0 Å². The van der Waals surface area contributed by atoms with E-state index >= 15 is 0 Å². The molecule has 3 aromatic carbocycles. The highest BCUT2D eigenvalue weighted by Crippen LogP contribution is 2.09. The molecule has 3 atom stereocenters. The first-order valence-electron chi connectivity index (χ1n) is 13.8. The summed E-state index contributed by atoms with van der Waals surface area (Å²) in [7, 11) is 0. The molecule has 0 fully saturated rings. The summed E-state index contributed by atoms with van der Waals surface area (Å²) < 4.78 is 15.7. The third-order valence-corrected chi connectivity index (χ3v) is 3.70. The lowest BCUT2D eigenvalue weighted by Gasteiger charge is -2.06. The summed E-state index contributed by atoms with van der Waals surface area (Å²) in [5, 5.41) is 26.7. The Balaban J connectivity index is 0. The van der Waals surface area contributed by atoms with Gasteiger partial charge in [0, 0.05) is 0 Å². The predicted octanol–water partition coefficient (Wildman–Crippen LogP) is 7.17. The van der Waals surface area contributed by atoms with E-state index in [4.69, 9.17) is 29.5 Å². The van der Waals surface area contributed by atoms with E-state index in [1.54, 1.807) is 20.8 Å². The van der Waals surface area contributed by atoms with Crippen LogP contribution in [0, 0.1) is 0 Å². The van der Waals surface area contributed by atoms with Crippen LogP contribution in [0.15, 0.2) is 91.0 Å². The number of hydrogen-bond donors (Lipinski definition) is 3. The van der Waals surface area contributed by atoms with Gasteiger partial charge in [-0.1, -0.05) is 95.1 Å². The summed E-state index contributed by atoms with van der Waals surface area (Å²) >= 11 is 0. The maximum absolute atomic E-state index is 8.89. The van der Waals surface area contributed by atoms with Gasteiger partial charge in [-0.15, -0.1) is 0 Å². The maximum Gasteiger partial charge on any atom is 0.119 e. The molecular weight excluding hydrogens is 492 g/mol. The average Bonchev–Trinajstić information content (AvgIpc) is 2.93. The van der Waals surface area contributed by atoms with Gasteiger partial charge in [-0.3, -0.25) is 0 Å². The van der Waals surface area contributed by atoms with E-state index in [0.717, 1.165) is 17.2 Å². The van der Waals surface area contributed by atoms with Gasteiger partial charge < -0.3 is 29.5 Å². The predicted molar refractivity (Wildman–Crippen MR) is 163 cm³/mol. The Labute approximate surface area is 237 Å². The van der Waals surface area contributed by atoms with Crippen molar-refractivity contribution in [3.05, 3.63) is 91.0 Å². The van der Waals surface area contributed by atoms with E-state index in [-0.39, 0.29) is 0 Å². The molecule has 0 saturated heterocycles. The van der Waals surface area contributed by atoms with Crippen molar-refractivity contribution in [1.29, 1.82) is 0 Å². The number of ether oxygens (including phenoxy) is 3. The Morgan fingerprint density at radius 2 is 0.615 bits per heavy atom. The lowest BCUT2D eigenvalue weighted by atomic mass is 10.3. The highest BCUT2D eigenvalue weighted by molar-refractivity contribution is 5.22. The Kier molecular flexibility index (Phi) is 27.3. The quantitative estimate of drug-likeness (QED) is 0.265. The monoisotopic (exact) mass is 544 g/mol. The average molecular weight is 545 g/mol. The number of aliphatic hydroxyl groups is 3. The second-order valence-electron chi connectivity index (χ2n) is 8.83. The number of hydrogen-bond acceptors (Lipinski definition) is 6. The molecule has 0 spiro atoms. The van der Waals surface area contributed by atoms with Crippen molar-refractivity contribution in [3.8, 4) is 17.2 Å². The van der Waals surface area contributed by atoms with Gasteiger partial charge in [-0.25, -0.2) is 0 Å². The molecule has 220 valence electrons.